The lowest BCUT2D eigenvalue weighted by Gasteiger charge is -2.13. The molecule has 0 fully saturated rings. The molecule has 3 rings (SSSR count). The summed E-state index contributed by atoms with van der Waals surface area (Å²) < 4.78 is 34.2. The maximum atomic E-state index is 14.8. The number of rotatable bonds is 4. The zero-order valence-electron chi connectivity index (χ0n) is 13.0. The monoisotopic (exact) mass is 348 g/mol. The number of nitrogens with one attached hydrogen (secondary N) is 1. The first-order chi connectivity index (χ1) is 11.5. The molecule has 0 saturated carbocycles. The number of carbonyl (C=O) groups is 1. The molecule has 4 nitrogen and oxygen atoms in total. The molecule has 0 radical (unpaired) electrons. The predicted octanol–water partition coefficient (Wildman–Crippen LogP) is 4.67. The van der Waals surface area contributed by atoms with Crippen LogP contribution in [0.4, 0.5) is 20.2 Å². The summed E-state index contributed by atoms with van der Waals surface area (Å²) in [6.45, 7) is 1.91. The Hall–Kier alpha value is -2.54. The quantitative estimate of drug-likeness (QED) is 0.696. The standard InChI is InChI=1S/C17H14F2N2O2S/c1-3-9-4-5-12(11(18)6-9)21-15-10(17(22)23-2)7-13-16(14(15)19)20-8-24-13/h4-8,21H,3H2,1-2H3. The summed E-state index contributed by atoms with van der Waals surface area (Å²) in [5, 5.41) is 2.67. The Balaban J connectivity index is 2.13. The number of nitrogens with zero attached hydrogens (tertiary/aromatic N) is 1. The number of aryl methyl sites for hydroxylation is 1. The summed E-state index contributed by atoms with van der Waals surface area (Å²) in [6, 6.07) is 6.12. The lowest BCUT2D eigenvalue weighted by atomic mass is 10.1. The van der Waals surface area contributed by atoms with Gasteiger partial charge < -0.3 is 10.1 Å². The molecular weight excluding hydrogens is 334 g/mol. The molecule has 1 N–H and O–H groups in total. The van der Waals surface area contributed by atoms with Crippen LogP contribution in [0.5, 0.6) is 0 Å². The summed E-state index contributed by atoms with van der Waals surface area (Å²) in [5.41, 5.74) is 2.34. The highest BCUT2D eigenvalue weighted by atomic mass is 32.1. The minimum atomic E-state index is -0.715. The second kappa shape index (κ2) is 6.52. The number of esters is 1. The number of methoxy groups -OCH3 is 1. The van der Waals surface area contributed by atoms with Gasteiger partial charge in [0, 0.05) is 0 Å². The molecule has 0 atom stereocenters. The van der Waals surface area contributed by atoms with Crippen molar-refractivity contribution in [2.24, 2.45) is 0 Å². The zero-order valence-corrected chi connectivity index (χ0v) is 13.8. The van der Waals surface area contributed by atoms with E-state index in [0.717, 1.165) is 5.56 Å². The molecule has 0 bridgehead atoms. The van der Waals surface area contributed by atoms with Gasteiger partial charge in [-0.3, -0.25) is 0 Å². The van der Waals surface area contributed by atoms with Crippen molar-refractivity contribution in [2.75, 3.05) is 12.4 Å². The molecule has 0 amide bonds. The van der Waals surface area contributed by atoms with Gasteiger partial charge in [0.25, 0.3) is 0 Å². The number of benzene rings is 2. The van der Waals surface area contributed by atoms with Crippen LogP contribution in [0.2, 0.25) is 0 Å². The fourth-order valence-corrected chi connectivity index (χ4v) is 3.08. The van der Waals surface area contributed by atoms with Crippen molar-refractivity contribution in [3.63, 3.8) is 0 Å². The molecule has 0 saturated heterocycles. The van der Waals surface area contributed by atoms with Crippen LogP contribution in [-0.2, 0) is 11.2 Å². The highest BCUT2D eigenvalue weighted by molar-refractivity contribution is 7.16. The van der Waals surface area contributed by atoms with E-state index >= 15 is 0 Å². The predicted molar refractivity (Wildman–Crippen MR) is 90.0 cm³/mol. The van der Waals surface area contributed by atoms with Crippen LogP contribution in [0.15, 0.2) is 29.8 Å². The van der Waals surface area contributed by atoms with Gasteiger partial charge in [-0.2, -0.15) is 0 Å². The van der Waals surface area contributed by atoms with E-state index in [0.29, 0.717) is 11.1 Å². The molecule has 7 heteroatoms. The number of thiazole rings is 1. The van der Waals surface area contributed by atoms with E-state index in [1.807, 2.05) is 6.92 Å². The van der Waals surface area contributed by atoms with Crippen LogP contribution in [-0.4, -0.2) is 18.1 Å². The first kappa shape index (κ1) is 16.3. The summed E-state index contributed by atoms with van der Waals surface area (Å²) in [4.78, 5) is 15.9. The van der Waals surface area contributed by atoms with Crippen molar-refractivity contribution >= 4 is 38.9 Å². The Bertz CT molecular complexity index is 924. The molecule has 0 aliphatic carbocycles. The van der Waals surface area contributed by atoms with Crippen LogP contribution in [0, 0.1) is 11.6 Å². The fourth-order valence-electron chi connectivity index (χ4n) is 2.37. The largest absolute Gasteiger partial charge is 0.465 e. The van der Waals surface area contributed by atoms with Crippen LogP contribution in [0.1, 0.15) is 22.8 Å². The fraction of sp³-hybridized carbons (Fsp3) is 0.176. The lowest BCUT2D eigenvalue weighted by Crippen LogP contribution is -2.08. The minimum Gasteiger partial charge on any atom is -0.465 e. The van der Waals surface area contributed by atoms with Crippen molar-refractivity contribution in [3.05, 3.63) is 52.5 Å². The minimum absolute atomic E-state index is 0.00859. The normalized spacial score (nSPS) is 10.8. The van der Waals surface area contributed by atoms with E-state index in [9.17, 15) is 13.6 Å². The summed E-state index contributed by atoms with van der Waals surface area (Å²) in [6.07, 6.45) is 0.684. The maximum Gasteiger partial charge on any atom is 0.340 e. The number of anilines is 2. The van der Waals surface area contributed by atoms with Gasteiger partial charge in [-0.1, -0.05) is 13.0 Å². The van der Waals surface area contributed by atoms with Gasteiger partial charge in [-0.05, 0) is 30.2 Å². The average Bonchev–Trinajstić information content (AvgIpc) is 3.06. The van der Waals surface area contributed by atoms with Crippen LogP contribution in [0.3, 0.4) is 0 Å². The molecule has 0 aliphatic rings. The van der Waals surface area contributed by atoms with E-state index in [-0.39, 0.29) is 22.5 Å². The molecule has 0 aliphatic heterocycles. The van der Waals surface area contributed by atoms with Crippen LogP contribution >= 0.6 is 11.3 Å². The molecule has 0 spiro atoms. The number of hydrogen-bond acceptors (Lipinski definition) is 5. The van der Waals surface area contributed by atoms with Gasteiger partial charge in [-0.25, -0.2) is 18.6 Å². The number of fused-ring (bicyclic) bond motifs is 1. The summed E-state index contributed by atoms with van der Waals surface area (Å²) >= 11 is 1.21. The number of hydrogen-bond donors (Lipinski definition) is 1. The van der Waals surface area contributed by atoms with Gasteiger partial charge >= 0.3 is 5.97 Å². The first-order valence-corrected chi connectivity index (χ1v) is 8.12. The Morgan fingerprint density at radius 1 is 1.33 bits per heavy atom. The van der Waals surface area contributed by atoms with E-state index in [4.69, 9.17) is 4.74 Å². The van der Waals surface area contributed by atoms with Crippen LogP contribution < -0.4 is 5.32 Å². The van der Waals surface area contributed by atoms with Crippen molar-refractivity contribution in [2.45, 2.75) is 13.3 Å². The maximum absolute atomic E-state index is 14.8. The molecule has 1 heterocycles. The summed E-state index contributed by atoms with van der Waals surface area (Å²) in [7, 11) is 1.21. The Labute approximate surface area is 141 Å². The Morgan fingerprint density at radius 2 is 2.12 bits per heavy atom. The average molecular weight is 348 g/mol. The van der Waals surface area contributed by atoms with Gasteiger partial charge in [-0.15, -0.1) is 11.3 Å². The Morgan fingerprint density at radius 3 is 2.79 bits per heavy atom. The molecule has 124 valence electrons. The van der Waals surface area contributed by atoms with Crippen LogP contribution in [0.25, 0.3) is 10.2 Å². The number of ether oxygens (including phenoxy) is 1. The van der Waals surface area contributed by atoms with Crippen molar-refractivity contribution in [1.29, 1.82) is 0 Å². The van der Waals surface area contributed by atoms with Gasteiger partial charge in [0.05, 0.1) is 34.3 Å². The number of halogens is 2. The summed E-state index contributed by atoms with van der Waals surface area (Å²) in [5.74, 6) is -1.95. The van der Waals surface area contributed by atoms with E-state index in [2.05, 4.69) is 10.3 Å². The molecule has 0 unspecified atom stereocenters. The molecule has 2 aromatic carbocycles. The Kier molecular flexibility index (Phi) is 4.44. The van der Waals surface area contributed by atoms with E-state index < -0.39 is 17.6 Å². The second-order valence-corrected chi connectivity index (χ2v) is 5.98. The molecular formula is C17H14F2N2O2S. The molecule has 1 aromatic heterocycles. The molecule has 3 aromatic rings. The SMILES string of the molecule is CCc1ccc(Nc2c(C(=O)OC)cc3scnc3c2F)c(F)c1. The van der Waals surface area contributed by atoms with Gasteiger partial charge in [0.1, 0.15) is 11.3 Å². The zero-order chi connectivity index (χ0) is 17.3. The number of aromatic nitrogens is 1. The lowest BCUT2D eigenvalue weighted by molar-refractivity contribution is 0.0601. The third-order valence-electron chi connectivity index (χ3n) is 3.67. The highest BCUT2D eigenvalue weighted by Crippen LogP contribution is 2.33. The van der Waals surface area contributed by atoms with Gasteiger partial charge in [0.15, 0.2) is 5.82 Å². The van der Waals surface area contributed by atoms with E-state index in [1.54, 1.807) is 6.07 Å². The van der Waals surface area contributed by atoms with Crippen molar-refractivity contribution < 1.29 is 18.3 Å². The first-order valence-electron chi connectivity index (χ1n) is 7.24. The smallest absolute Gasteiger partial charge is 0.340 e. The van der Waals surface area contributed by atoms with Gasteiger partial charge in [0.2, 0.25) is 0 Å². The third kappa shape index (κ3) is 2.82. The van der Waals surface area contributed by atoms with Crippen molar-refractivity contribution in [3.8, 4) is 0 Å². The second-order valence-electron chi connectivity index (χ2n) is 5.10. The number of carbonyl (C=O) groups excluding carboxylic acids is 1. The van der Waals surface area contributed by atoms with E-state index in [1.165, 1.54) is 42.2 Å². The van der Waals surface area contributed by atoms with Crippen molar-refractivity contribution in [1.82, 2.24) is 4.98 Å². The molecule has 24 heavy (non-hydrogen) atoms. The third-order valence-corrected chi connectivity index (χ3v) is 4.45. The topological polar surface area (TPSA) is 51.2 Å². The highest BCUT2D eigenvalue weighted by Gasteiger charge is 2.22.